The second-order valence-electron chi connectivity index (χ2n) is 9.23. The van der Waals surface area contributed by atoms with Crippen LogP contribution in [-0.4, -0.2) is 57.7 Å². The van der Waals surface area contributed by atoms with Gasteiger partial charge in [-0.2, -0.15) is 0 Å². The number of ether oxygens (including phenoxy) is 1. The maximum Gasteiger partial charge on any atom is 0.274 e. The molecular formula is C26H26FN7O2. The Morgan fingerprint density at radius 1 is 1.22 bits per heavy atom. The van der Waals surface area contributed by atoms with Crippen LogP contribution in [0.5, 0.6) is 5.75 Å². The highest BCUT2D eigenvalue weighted by atomic mass is 19.1. The first-order valence-electron chi connectivity index (χ1n) is 11.9. The third-order valence-electron chi connectivity index (χ3n) is 7.15. The van der Waals surface area contributed by atoms with E-state index in [1.54, 1.807) is 12.1 Å². The highest BCUT2D eigenvalue weighted by Gasteiger charge is 2.39. The quantitative estimate of drug-likeness (QED) is 0.446. The summed E-state index contributed by atoms with van der Waals surface area (Å²) in [5.74, 6) is 0.337. The number of hydrogen-bond donors (Lipinski definition) is 2. The Bertz CT molecular complexity index is 1500. The molecule has 4 aromatic rings. The number of nitrogens with one attached hydrogen (secondary N) is 2. The van der Waals surface area contributed by atoms with Crippen LogP contribution in [0.15, 0.2) is 42.6 Å². The van der Waals surface area contributed by atoms with Gasteiger partial charge in [0.1, 0.15) is 28.6 Å². The molecule has 9 nitrogen and oxygen atoms in total. The summed E-state index contributed by atoms with van der Waals surface area (Å²) in [5.41, 5.74) is 3.69. The number of imidazole rings is 1. The maximum atomic E-state index is 14.6. The smallest absolute Gasteiger partial charge is 0.274 e. The molecule has 0 aliphatic carbocycles. The van der Waals surface area contributed by atoms with Crippen LogP contribution in [0.1, 0.15) is 22.7 Å². The molecule has 0 saturated carbocycles. The van der Waals surface area contributed by atoms with Crippen LogP contribution in [0.3, 0.4) is 0 Å². The van der Waals surface area contributed by atoms with Crippen molar-refractivity contribution in [1.29, 1.82) is 0 Å². The zero-order valence-corrected chi connectivity index (χ0v) is 20.2. The molecule has 36 heavy (non-hydrogen) atoms. The third-order valence-corrected chi connectivity index (χ3v) is 7.15. The lowest BCUT2D eigenvalue weighted by molar-refractivity contribution is 0.102. The van der Waals surface area contributed by atoms with E-state index in [9.17, 15) is 9.18 Å². The van der Waals surface area contributed by atoms with Crippen LogP contribution in [0.25, 0.3) is 22.4 Å². The van der Waals surface area contributed by atoms with Crippen LogP contribution in [0, 0.1) is 12.7 Å². The highest BCUT2D eigenvalue weighted by Crippen LogP contribution is 2.40. The minimum absolute atomic E-state index is 0.0801. The molecule has 2 fully saturated rings. The summed E-state index contributed by atoms with van der Waals surface area (Å²) in [6, 6.07) is 10.7. The Hall–Kier alpha value is -4.05. The van der Waals surface area contributed by atoms with Crippen LogP contribution >= 0.6 is 0 Å². The van der Waals surface area contributed by atoms with Crippen molar-refractivity contribution in [3.05, 3.63) is 59.9 Å². The molecule has 1 amide bonds. The largest absolute Gasteiger partial charge is 0.496 e. The van der Waals surface area contributed by atoms with Crippen molar-refractivity contribution in [3.63, 3.8) is 0 Å². The minimum atomic E-state index is -0.525. The van der Waals surface area contributed by atoms with E-state index in [1.165, 1.54) is 25.4 Å². The number of aromatic nitrogens is 4. The van der Waals surface area contributed by atoms with E-state index < -0.39 is 11.7 Å². The Morgan fingerprint density at radius 3 is 2.83 bits per heavy atom. The molecule has 2 saturated heterocycles. The van der Waals surface area contributed by atoms with Gasteiger partial charge in [0, 0.05) is 38.4 Å². The number of methoxy groups -OCH3 is 1. The number of halogens is 1. The molecule has 2 aromatic heterocycles. The second kappa shape index (κ2) is 8.56. The molecule has 10 heteroatoms. The number of aryl methyl sites for hydroxylation is 2. The number of carbonyl (C=O) groups excluding carboxylic acids is 1. The molecule has 0 spiro atoms. The van der Waals surface area contributed by atoms with Crippen LogP contribution < -0.4 is 20.3 Å². The molecular weight excluding hydrogens is 461 g/mol. The Balaban J connectivity index is 1.39. The Kier molecular flexibility index (Phi) is 5.33. The fourth-order valence-corrected chi connectivity index (χ4v) is 5.27. The van der Waals surface area contributed by atoms with Crippen molar-refractivity contribution in [3.8, 4) is 17.1 Å². The standard InChI is InChI=1S/C26H26FN7O2/c1-14-30-23-20(33(14)2)8-7-18(24(23)34-13-15-11-16(34)12-29-15)32-26(35)19-9-10-28-25(31-19)22-17(27)5-4-6-21(22)36-3/h4-10,15-16,29H,11-13H2,1-3H3,(H,32,35)/t15-,16-/m1/s1. The summed E-state index contributed by atoms with van der Waals surface area (Å²) in [7, 11) is 3.44. The van der Waals surface area contributed by atoms with Gasteiger partial charge in [-0.25, -0.2) is 19.3 Å². The molecule has 6 rings (SSSR count). The van der Waals surface area contributed by atoms with E-state index in [0.717, 1.165) is 42.1 Å². The zero-order valence-electron chi connectivity index (χ0n) is 20.2. The van der Waals surface area contributed by atoms with Crippen molar-refractivity contribution in [2.75, 3.05) is 30.4 Å². The van der Waals surface area contributed by atoms with Crippen LogP contribution in [-0.2, 0) is 7.05 Å². The fourth-order valence-electron chi connectivity index (χ4n) is 5.27. The van der Waals surface area contributed by atoms with Gasteiger partial charge in [0.25, 0.3) is 5.91 Å². The van der Waals surface area contributed by atoms with E-state index in [0.29, 0.717) is 23.5 Å². The van der Waals surface area contributed by atoms with Gasteiger partial charge < -0.3 is 24.8 Å². The summed E-state index contributed by atoms with van der Waals surface area (Å²) in [4.78, 5) is 29.1. The van der Waals surface area contributed by atoms with Crippen LogP contribution in [0.4, 0.5) is 15.8 Å². The van der Waals surface area contributed by atoms with Crippen molar-refractivity contribution in [2.45, 2.75) is 25.4 Å². The van der Waals surface area contributed by atoms with E-state index in [-0.39, 0.29) is 17.1 Å². The first-order valence-corrected chi connectivity index (χ1v) is 11.9. The molecule has 2 aromatic carbocycles. The van der Waals surface area contributed by atoms with Crippen molar-refractivity contribution >= 4 is 28.3 Å². The van der Waals surface area contributed by atoms with Gasteiger partial charge in [-0.1, -0.05) is 6.07 Å². The Morgan fingerprint density at radius 2 is 2.08 bits per heavy atom. The lowest BCUT2D eigenvalue weighted by atomic mass is 10.1. The summed E-state index contributed by atoms with van der Waals surface area (Å²) in [5, 5.41) is 6.57. The molecule has 2 atom stereocenters. The summed E-state index contributed by atoms with van der Waals surface area (Å²) >= 11 is 0. The van der Waals surface area contributed by atoms with Gasteiger partial charge in [0.2, 0.25) is 0 Å². The predicted molar refractivity (Wildman–Crippen MR) is 135 cm³/mol. The number of carbonyl (C=O) groups is 1. The van der Waals surface area contributed by atoms with Gasteiger partial charge in [0.15, 0.2) is 5.82 Å². The van der Waals surface area contributed by atoms with Crippen LogP contribution in [0.2, 0.25) is 0 Å². The molecule has 2 aliphatic heterocycles. The van der Waals surface area contributed by atoms with Gasteiger partial charge in [0.05, 0.1) is 29.6 Å². The predicted octanol–water partition coefficient (Wildman–Crippen LogP) is 3.29. The molecule has 184 valence electrons. The zero-order chi connectivity index (χ0) is 25.0. The average Bonchev–Trinajstić information content (AvgIpc) is 3.59. The number of hydrogen-bond acceptors (Lipinski definition) is 7. The first-order chi connectivity index (χ1) is 17.4. The maximum absolute atomic E-state index is 14.6. The number of piperazine rings is 1. The highest BCUT2D eigenvalue weighted by molar-refractivity contribution is 6.08. The third kappa shape index (κ3) is 3.56. The van der Waals surface area contributed by atoms with E-state index in [4.69, 9.17) is 9.72 Å². The average molecular weight is 488 g/mol. The van der Waals surface area contributed by atoms with E-state index >= 15 is 0 Å². The number of amides is 1. The molecule has 2 N–H and O–H groups in total. The van der Waals surface area contributed by atoms with Crippen molar-refractivity contribution < 1.29 is 13.9 Å². The second-order valence-corrected chi connectivity index (χ2v) is 9.23. The minimum Gasteiger partial charge on any atom is -0.496 e. The first kappa shape index (κ1) is 22.4. The lowest BCUT2D eigenvalue weighted by Gasteiger charge is -2.31. The number of fused-ring (bicyclic) bond motifs is 3. The fraction of sp³-hybridized carbons (Fsp3) is 0.308. The Labute approximate surface area is 207 Å². The molecule has 0 unspecified atom stereocenters. The molecule has 2 aliphatic rings. The molecule has 0 radical (unpaired) electrons. The number of anilines is 2. The number of nitrogens with zero attached hydrogens (tertiary/aromatic N) is 5. The molecule has 4 heterocycles. The lowest BCUT2D eigenvalue weighted by Crippen LogP contribution is -2.44. The summed E-state index contributed by atoms with van der Waals surface area (Å²) in [6.07, 6.45) is 2.51. The van der Waals surface area contributed by atoms with Crippen molar-refractivity contribution in [2.24, 2.45) is 7.05 Å². The van der Waals surface area contributed by atoms with E-state index in [2.05, 4.69) is 30.1 Å². The SMILES string of the molecule is COc1cccc(F)c1-c1nccc(C(=O)Nc2ccc3c(nc(C)n3C)c2N2C[C@H]3C[C@@H]2CN3)n1. The van der Waals surface area contributed by atoms with Gasteiger partial charge >= 0.3 is 0 Å². The van der Waals surface area contributed by atoms with Gasteiger partial charge in [-0.15, -0.1) is 0 Å². The number of rotatable bonds is 5. The monoisotopic (exact) mass is 487 g/mol. The molecule has 2 bridgehead atoms. The summed E-state index contributed by atoms with van der Waals surface area (Å²) < 4.78 is 21.9. The summed E-state index contributed by atoms with van der Waals surface area (Å²) in [6.45, 7) is 3.73. The normalized spacial score (nSPS) is 18.7. The number of benzene rings is 2. The van der Waals surface area contributed by atoms with Gasteiger partial charge in [-0.3, -0.25) is 4.79 Å². The van der Waals surface area contributed by atoms with E-state index in [1.807, 2.05) is 26.1 Å². The topological polar surface area (TPSA) is 97.2 Å². The van der Waals surface area contributed by atoms with Gasteiger partial charge in [-0.05, 0) is 43.7 Å². The van der Waals surface area contributed by atoms with Crippen molar-refractivity contribution in [1.82, 2.24) is 24.8 Å².